The van der Waals surface area contributed by atoms with Crippen molar-refractivity contribution in [3.8, 4) is 16.9 Å². The quantitative estimate of drug-likeness (QED) is 0.414. The van der Waals surface area contributed by atoms with Crippen LogP contribution in [0.25, 0.3) is 22.1 Å². The lowest BCUT2D eigenvalue weighted by atomic mass is 10.00. The molecule has 6 nitrogen and oxygen atoms in total. The summed E-state index contributed by atoms with van der Waals surface area (Å²) in [6.07, 6.45) is -1.62. The first kappa shape index (κ1) is 22.3. The number of aryl methyl sites for hydroxylation is 1. The van der Waals surface area contributed by atoms with Gasteiger partial charge >= 0.3 is 5.63 Å². The molecule has 1 aromatic heterocycles. The smallest absolute Gasteiger partial charge is 0.336 e. The predicted molar refractivity (Wildman–Crippen MR) is 127 cm³/mol. The first-order chi connectivity index (χ1) is 15.9. The second-order valence-corrected chi connectivity index (χ2v) is 7.84. The van der Waals surface area contributed by atoms with Crippen LogP contribution < -0.4 is 15.7 Å². The van der Waals surface area contributed by atoms with Crippen molar-refractivity contribution in [3.63, 3.8) is 0 Å². The number of carbonyl (C=O) groups is 1. The maximum atomic E-state index is 12.5. The molecule has 4 rings (SSSR count). The number of aliphatic hydroxyl groups is 1. The van der Waals surface area contributed by atoms with Gasteiger partial charge in [-0.15, -0.1) is 0 Å². The highest BCUT2D eigenvalue weighted by atomic mass is 16.5. The molecule has 0 saturated heterocycles. The summed E-state index contributed by atoms with van der Waals surface area (Å²) in [4.78, 5) is 24.8. The van der Waals surface area contributed by atoms with Gasteiger partial charge in [0.25, 0.3) is 5.91 Å². The van der Waals surface area contributed by atoms with Crippen LogP contribution in [0.3, 0.4) is 0 Å². The topological polar surface area (TPSA) is 88.8 Å². The molecule has 0 aliphatic heterocycles. The fraction of sp³-hybridized carbons (Fsp3) is 0.185. The third-order valence-electron chi connectivity index (χ3n) is 5.52. The monoisotopic (exact) mass is 443 g/mol. The van der Waals surface area contributed by atoms with E-state index in [1.54, 1.807) is 32.0 Å². The second-order valence-electron chi connectivity index (χ2n) is 7.84. The van der Waals surface area contributed by atoms with Gasteiger partial charge in [-0.05, 0) is 42.7 Å². The number of hydrogen-bond acceptors (Lipinski definition) is 5. The van der Waals surface area contributed by atoms with Gasteiger partial charge in [-0.25, -0.2) is 4.79 Å². The lowest BCUT2D eigenvalue weighted by Gasteiger charge is -2.18. The Labute approximate surface area is 191 Å². The maximum Gasteiger partial charge on any atom is 0.336 e. The number of rotatable bonds is 7. The molecule has 1 amide bonds. The molecule has 0 aliphatic rings. The third kappa shape index (κ3) is 4.96. The summed E-state index contributed by atoms with van der Waals surface area (Å²) in [5.41, 5.74) is 3.01. The van der Waals surface area contributed by atoms with Crippen LogP contribution in [0.1, 0.15) is 24.2 Å². The van der Waals surface area contributed by atoms with E-state index in [4.69, 9.17) is 9.15 Å². The zero-order valence-electron chi connectivity index (χ0n) is 18.4. The summed E-state index contributed by atoms with van der Waals surface area (Å²) in [6.45, 7) is 3.49. The number of aliphatic hydroxyl groups excluding tert-OH is 1. The Kier molecular flexibility index (Phi) is 6.56. The standard InChI is InChI=1S/C27H25NO5/c1-17-24(32-18(2)27(31)28-16-23(29)20-11-7-4-8-12-20)14-13-21-22(15-25(30)33-26(17)21)19-9-5-3-6-10-19/h3-15,18,23,29H,16H2,1-2H3,(H,28,31)/t18-,23+/m1/s1. The van der Waals surface area contributed by atoms with Crippen LogP contribution in [0.4, 0.5) is 0 Å². The first-order valence-electron chi connectivity index (χ1n) is 10.7. The summed E-state index contributed by atoms with van der Waals surface area (Å²) in [5, 5.41) is 13.7. The number of fused-ring (bicyclic) bond motifs is 1. The van der Waals surface area contributed by atoms with Crippen LogP contribution in [0.2, 0.25) is 0 Å². The van der Waals surface area contributed by atoms with Crippen LogP contribution in [0, 0.1) is 6.92 Å². The third-order valence-corrected chi connectivity index (χ3v) is 5.52. The number of ether oxygens (including phenoxy) is 1. The van der Waals surface area contributed by atoms with E-state index in [1.165, 1.54) is 6.07 Å². The Bertz CT molecular complexity index is 1320. The second kappa shape index (κ2) is 9.71. The van der Waals surface area contributed by atoms with Gasteiger partial charge in [0.05, 0.1) is 6.10 Å². The van der Waals surface area contributed by atoms with Crippen LogP contribution in [0.5, 0.6) is 5.75 Å². The molecule has 2 atom stereocenters. The molecule has 0 aliphatic carbocycles. The molecule has 4 aromatic rings. The average Bonchev–Trinajstić information content (AvgIpc) is 2.84. The minimum atomic E-state index is -0.812. The molecular formula is C27H25NO5. The zero-order valence-corrected chi connectivity index (χ0v) is 18.4. The summed E-state index contributed by atoms with van der Waals surface area (Å²) >= 11 is 0. The Hall–Kier alpha value is -3.90. The van der Waals surface area contributed by atoms with Gasteiger partial charge in [-0.2, -0.15) is 0 Å². The molecule has 0 saturated carbocycles. The fourth-order valence-corrected chi connectivity index (χ4v) is 3.71. The lowest BCUT2D eigenvalue weighted by Crippen LogP contribution is -2.38. The van der Waals surface area contributed by atoms with Gasteiger partial charge in [0.15, 0.2) is 6.10 Å². The van der Waals surface area contributed by atoms with E-state index < -0.39 is 17.8 Å². The van der Waals surface area contributed by atoms with E-state index in [-0.39, 0.29) is 12.5 Å². The number of amides is 1. The van der Waals surface area contributed by atoms with Gasteiger partial charge in [-0.1, -0.05) is 60.7 Å². The minimum Gasteiger partial charge on any atom is -0.480 e. The van der Waals surface area contributed by atoms with Gasteiger partial charge in [0.1, 0.15) is 11.3 Å². The van der Waals surface area contributed by atoms with Crippen molar-refractivity contribution < 1.29 is 19.1 Å². The summed E-state index contributed by atoms with van der Waals surface area (Å²) in [7, 11) is 0. The van der Waals surface area contributed by atoms with E-state index in [2.05, 4.69) is 5.32 Å². The SMILES string of the molecule is Cc1c(O[C@H](C)C(=O)NC[C@H](O)c2ccccc2)ccc2c(-c3ccccc3)cc(=O)oc12. The van der Waals surface area contributed by atoms with E-state index in [9.17, 15) is 14.7 Å². The van der Waals surface area contributed by atoms with Gasteiger partial charge in [0, 0.05) is 23.6 Å². The first-order valence-corrected chi connectivity index (χ1v) is 10.7. The fourth-order valence-electron chi connectivity index (χ4n) is 3.71. The summed E-state index contributed by atoms with van der Waals surface area (Å²) in [6, 6.07) is 23.8. The molecule has 0 bridgehead atoms. The minimum absolute atomic E-state index is 0.0720. The Morgan fingerprint density at radius 1 is 1.03 bits per heavy atom. The van der Waals surface area contributed by atoms with Crippen molar-refractivity contribution in [3.05, 3.63) is 100 Å². The average molecular weight is 443 g/mol. The van der Waals surface area contributed by atoms with Crippen LogP contribution in [-0.4, -0.2) is 23.7 Å². The highest BCUT2D eigenvalue weighted by molar-refractivity contribution is 5.95. The van der Waals surface area contributed by atoms with E-state index in [0.717, 1.165) is 22.1 Å². The molecule has 168 valence electrons. The Balaban J connectivity index is 1.52. The molecule has 0 unspecified atom stereocenters. The van der Waals surface area contributed by atoms with Gasteiger partial charge in [-0.3, -0.25) is 4.79 Å². The number of benzene rings is 3. The molecule has 2 N–H and O–H groups in total. The zero-order chi connectivity index (χ0) is 23.4. The number of carbonyl (C=O) groups excluding carboxylic acids is 1. The number of hydrogen-bond donors (Lipinski definition) is 2. The molecular weight excluding hydrogens is 418 g/mol. The molecule has 0 fully saturated rings. The van der Waals surface area contributed by atoms with Crippen molar-refractivity contribution in [2.75, 3.05) is 6.54 Å². The highest BCUT2D eigenvalue weighted by Gasteiger charge is 2.19. The lowest BCUT2D eigenvalue weighted by molar-refractivity contribution is -0.127. The van der Waals surface area contributed by atoms with E-state index >= 15 is 0 Å². The molecule has 6 heteroatoms. The summed E-state index contributed by atoms with van der Waals surface area (Å²) < 4.78 is 11.4. The van der Waals surface area contributed by atoms with E-state index in [1.807, 2.05) is 54.6 Å². The van der Waals surface area contributed by atoms with Crippen molar-refractivity contribution >= 4 is 16.9 Å². The molecule has 0 spiro atoms. The van der Waals surface area contributed by atoms with Crippen LogP contribution in [0.15, 0.2) is 88.1 Å². The highest BCUT2D eigenvalue weighted by Crippen LogP contribution is 2.33. The summed E-state index contributed by atoms with van der Waals surface area (Å²) in [5.74, 6) is 0.0890. The van der Waals surface area contributed by atoms with Crippen LogP contribution >= 0.6 is 0 Å². The Morgan fingerprint density at radius 2 is 1.70 bits per heavy atom. The van der Waals surface area contributed by atoms with E-state index in [0.29, 0.717) is 16.9 Å². The van der Waals surface area contributed by atoms with Crippen molar-refractivity contribution in [1.82, 2.24) is 5.32 Å². The van der Waals surface area contributed by atoms with Crippen molar-refractivity contribution in [2.24, 2.45) is 0 Å². The van der Waals surface area contributed by atoms with Crippen molar-refractivity contribution in [2.45, 2.75) is 26.1 Å². The molecule has 3 aromatic carbocycles. The van der Waals surface area contributed by atoms with Gasteiger partial charge in [0.2, 0.25) is 0 Å². The normalized spacial score (nSPS) is 12.8. The van der Waals surface area contributed by atoms with Gasteiger partial charge < -0.3 is 19.6 Å². The number of nitrogens with one attached hydrogen (secondary N) is 1. The maximum absolute atomic E-state index is 12.5. The molecule has 1 heterocycles. The largest absolute Gasteiger partial charge is 0.480 e. The van der Waals surface area contributed by atoms with Crippen molar-refractivity contribution in [1.29, 1.82) is 0 Å². The molecule has 33 heavy (non-hydrogen) atoms. The predicted octanol–water partition coefficient (Wildman–Crippen LogP) is 4.39. The molecule has 0 radical (unpaired) electrons. The Morgan fingerprint density at radius 3 is 2.39 bits per heavy atom. The van der Waals surface area contributed by atoms with Crippen LogP contribution in [-0.2, 0) is 4.79 Å².